The van der Waals surface area contributed by atoms with Crippen LogP contribution in [0.15, 0.2) is 4.99 Å². The second-order valence-corrected chi connectivity index (χ2v) is 7.06. The van der Waals surface area contributed by atoms with Gasteiger partial charge in [0.05, 0.1) is 26.4 Å². The van der Waals surface area contributed by atoms with E-state index >= 15 is 0 Å². The van der Waals surface area contributed by atoms with Gasteiger partial charge in [0.1, 0.15) is 0 Å². The standard InChI is InChI=1S/C18H36N4O3/c1-16(13-22-6-10-23-11-7-22)12-21-18(19-2)20-5-3-8-24-14-17-4-9-25-15-17/h16-17H,3-15H2,1-2H3,(H2,19,20,21). The summed E-state index contributed by atoms with van der Waals surface area (Å²) in [5.74, 6) is 2.04. The fraction of sp³-hybridized carbons (Fsp3) is 0.944. The third-order valence-electron chi connectivity index (χ3n) is 4.65. The number of rotatable bonds is 10. The molecule has 2 rings (SSSR count). The summed E-state index contributed by atoms with van der Waals surface area (Å²) in [5, 5.41) is 6.78. The molecular formula is C18H36N4O3. The SMILES string of the molecule is CN=C(NCCCOCC1CCOC1)NCC(C)CN1CCOCC1. The highest BCUT2D eigenvalue weighted by molar-refractivity contribution is 5.79. The van der Waals surface area contributed by atoms with E-state index in [0.717, 1.165) is 91.2 Å². The van der Waals surface area contributed by atoms with Crippen LogP contribution in [0.3, 0.4) is 0 Å². The van der Waals surface area contributed by atoms with Crippen molar-refractivity contribution >= 4 is 5.96 Å². The summed E-state index contributed by atoms with van der Waals surface area (Å²) in [7, 11) is 1.82. The lowest BCUT2D eigenvalue weighted by Crippen LogP contribution is -2.44. The topological polar surface area (TPSA) is 67.4 Å². The summed E-state index contributed by atoms with van der Waals surface area (Å²) in [5.41, 5.74) is 0. The Morgan fingerprint density at radius 3 is 2.80 bits per heavy atom. The van der Waals surface area contributed by atoms with Crippen LogP contribution in [0.25, 0.3) is 0 Å². The van der Waals surface area contributed by atoms with E-state index in [9.17, 15) is 0 Å². The van der Waals surface area contributed by atoms with E-state index in [2.05, 4.69) is 27.4 Å². The molecule has 7 heteroatoms. The Bertz CT molecular complexity index is 369. The first-order chi connectivity index (χ1) is 12.3. The van der Waals surface area contributed by atoms with E-state index in [0.29, 0.717) is 11.8 Å². The Labute approximate surface area is 152 Å². The largest absolute Gasteiger partial charge is 0.381 e. The molecule has 2 atom stereocenters. The van der Waals surface area contributed by atoms with Gasteiger partial charge in [-0.2, -0.15) is 0 Å². The Morgan fingerprint density at radius 2 is 2.08 bits per heavy atom. The van der Waals surface area contributed by atoms with E-state index < -0.39 is 0 Å². The molecule has 0 aromatic carbocycles. The average molecular weight is 357 g/mol. The van der Waals surface area contributed by atoms with Gasteiger partial charge in [0, 0.05) is 58.9 Å². The molecule has 2 heterocycles. The third-order valence-corrected chi connectivity index (χ3v) is 4.65. The molecule has 0 aromatic rings. The number of aliphatic imine (C=N–C) groups is 1. The molecule has 2 N–H and O–H groups in total. The lowest BCUT2D eigenvalue weighted by atomic mass is 10.1. The number of nitrogens with zero attached hydrogens (tertiary/aromatic N) is 2. The van der Waals surface area contributed by atoms with E-state index in [1.165, 1.54) is 0 Å². The Morgan fingerprint density at radius 1 is 1.24 bits per heavy atom. The maximum absolute atomic E-state index is 5.72. The van der Waals surface area contributed by atoms with Gasteiger partial charge < -0.3 is 24.8 Å². The van der Waals surface area contributed by atoms with Crippen molar-refractivity contribution in [1.29, 1.82) is 0 Å². The second-order valence-electron chi connectivity index (χ2n) is 7.06. The van der Waals surface area contributed by atoms with Gasteiger partial charge in [-0.05, 0) is 18.8 Å². The summed E-state index contributed by atoms with van der Waals surface area (Å²) in [6.45, 7) is 12.3. The smallest absolute Gasteiger partial charge is 0.190 e. The highest BCUT2D eigenvalue weighted by atomic mass is 16.5. The molecule has 0 spiro atoms. The van der Waals surface area contributed by atoms with Crippen LogP contribution < -0.4 is 10.6 Å². The second kappa shape index (κ2) is 12.5. The van der Waals surface area contributed by atoms with Crippen LogP contribution in [0, 0.1) is 11.8 Å². The molecule has 2 aliphatic rings. The number of hydrogen-bond donors (Lipinski definition) is 2. The van der Waals surface area contributed by atoms with Crippen LogP contribution in [-0.2, 0) is 14.2 Å². The zero-order valence-electron chi connectivity index (χ0n) is 16.0. The van der Waals surface area contributed by atoms with Crippen molar-refractivity contribution in [3.8, 4) is 0 Å². The molecule has 25 heavy (non-hydrogen) atoms. The summed E-state index contributed by atoms with van der Waals surface area (Å²) < 4.78 is 16.5. The van der Waals surface area contributed by atoms with Crippen LogP contribution in [0.5, 0.6) is 0 Å². The van der Waals surface area contributed by atoms with Gasteiger partial charge in [0.2, 0.25) is 0 Å². The van der Waals surface area contributed by atoms with Crippen molar-refractivity contribution in [2.24, 2.45) is 16.8 Å². The first-order valence-corrected chi connectivity index (χ1v) is 9.68. The van der Waals surface area contributed by atoms with Crippen LogP contribution in [-0.4, -0.2) is 90.3 Å². The number of nitrogens with one attached hydrogen (secondary N) is 2. The predicted octanol–water partition coefficient (Wildman–Crippen LogP) is 0.563. The molecule has 0 aliphatic carbocycles. The van der Waals surface area contributed by atoms with Crippen molar-refractivity contribution < 1.29 is 14.2 Å². The fourth-order valence-corrected chi connectivity index (χ4v) is 3.13. The number of morpholine rings is 1. The van der Waals surface area contributed by atoms with Crippen LogP contribution >= 0.6 is 0 Å². The van der Waals surface area contributed by atoms with Gasteiger partial charge in [-0.15, -0.1) is 0 Å². The number of hydrogen-bond acceptors (Lipinski definition) is 5. The predicted molar refractivity (Wildman–Crippen MR) is 100 cm³/mol. The van der Waals surface area contributed by atoms with Gasteiger partial charge in [-0.3, -0.25) is 9.89 Å². The minimum Gasteiger partial charge on any atom is -0.381 e. The Kier molecular flexibility index (Phi) is 10.2. The number of ether oxygens (including phenoxy) is 3. The van der Waals surface area contributed by atoms with E-state index in [1.54, 1.807) is 0 Å². The van der Waals surface area contributed by atoms with E-state index in [1.807, 2.05) is 7.05 Å². The minimum absolute atomic E-state index is 0.577. The zero-order valence-corrected chi connectivity index (χ0v) is 16.0. The van der Waals surface area contributed by atoms with Gasteiger partial charge >= 0.3 is 0 Å². The third kappa shape index (κ3) is 8.85. The lowest BCUT2D eigenvalue weighted by molar-refractivity contribution is 0.0320. The maximum atomic E-state index is 5.72. The molecule has 0 aromatic heterocycles. The van der Waals surface area contributed by atoms with Crippen LogP contribution in [0.4, 0.5) is 0 Å². The maximum Gasteiger partial charge on any atom is 0.190 e. The minimum atomic E-state index is 0.577. The van der Waals surface area contributed by atoms with Gasteiger partial charge in [-0.25, -0.2) is 0 Å². The molecule has 2 fully saturated rings. The first kappa shape index (κ1) is 20.4. The van der Waals surface area contributed by atoms with E-state index in [-0.39, 0.29) is 0 Å². The molecule has 2 saturated heterocycles. The summed E-state index contributed by atoms with van der Waals surface area (Å²) >= 11 is 0. The molecule has 2 unspecified atom stereocenters. The van der Waals surface area contributed by atoms with Crippen LogP contribution in [0.2, 0.25) is 0 Å². The molecule has 2 aliphatic heterocycles. The molecule has 7 nitrogen and oxygen atoms in total. The van der Waals surface area contributed by atoms with Gasteiger partial charge in [0.15, 0.2) is 5.96 Å². The Balaban J connectivity index is 1.46. The lowest BCUT2D eigenvalue weighted by Gasteiger charge is -2.29. The van der Waals surface area contributed by atoms with Gasteiger partial charge in [0.25, 0.3) is 0 Å². The van der Waals surface area contributed by atoms with Crippen molar-refractivity contribution in [1.82, 2.24) is 15.5 Å². The molecule has 0 radical (unpaired) electrons. The summed E-state index contributed by atoms with van der Waals surface area (Å²) in [4.78, 5) is 6.76. The van der Waals surface area contributed by atoms with Crippen LogP contribution in [0.1, 0.15) is 19.8 Å². The quantitative estimate of drug-likeness (QED) is 0.339. The molecular weight excluding hydrogens is 320 g/mol. The van der Waals surface area contributed by atoms with E-state index in [4.69, 9.17) is 14.2 Å². The van der Waals surface area contributed by atoms with Crippen molar-refractivity contribution in [2.45, 2.75) is 19.8 Å². The fourth-order valence-electron chi connectivity index (χ4n) is 3.13. The molecule has 0 saturated carbocycles. The Hall–Kier alpha value is -0.890. The normalized spacial score (nSPS) is 23.6. The highest BCUT2D eigenvalue weighted by Gasteiger charge is 2.15. The molecule has 0 amide bonds. The first-order valence-electron chi connectivity index (χ1n) is 9.68. The monoisotopic (exact) mass is 356 g/mol. The molecule has 146 valence electrons. The van der Waals surface area contributed by atoms with Crippen molar-refractivity contribution in [2.75, 3.05) is 79.4 Å². The van der Waals surface area contributed by atoms with Gasteiger partial charge in [-0.1, -0.05) is 6.92 Å². The number of guanidine groups is 1. The van der Waals surface area contributed by atoms with Crippen molar-refractivity contribution in [3.05, 3.63) is 0 Å². The highest BCUT2D eigenvalue weighted by Crippen LogP contribution is 2.12. The zero-order chi connectivity index (χ0) is 17.7. The van der Waals surface area contributed by atoms with Crippen molar-refractivity contribution in [3.63, 3.8) is 0 Å². The average Bonchev–Trinajstić information content (AvgIpc) is 3.15. The molecule has 0 bridgehead atoms. The summed E-state index contributed by atoms with van der Waals surface area (Å²) in [6.07, 6.45) is 2.12. The summed E-state index contributed by atoms with van der Waals surface area (Å²) in [6, 6.07) is 0.